The molecule has 1 amide bonds. The fourth-order valence-electron chi connectivity index (χ4n) is 3.10. The van der Waals surface area contributed by atoms with Gasteiger partial charge in [0.1, 0.15) is 10.8 Å². The third kappa shape index (κ3) is 4.29. The fraction of sp³-hybridized carbons (Fsp3) is 0.190. The molecular formula is C21H19ClN4OS. The van der Waals surface area contributed by atoms with E-state index in [-0.39, 0.29) is 5.91 Å². The zero-order valence-electron chi connectivity index (χ0n) is 15.2. The standard InChI is InChI=1S/C21H19ClN4OS/c22-16-8-9-19(24-15-16)25-11-13-26(14-12-25)21(27)18-7-4-10-23-20(18)28-17-5-2-1-3-6-17/h1-10,15H,11-14H2. The van der Waals surface area contributed by atoms with Crippen LogP contribution in [0.25, 0.3) is 0 Å². The Labute approximate surface area is 173 Å². The number of pyridine rings is 2. The maximum absolute atomic E-state index is 13.1. The van der Waals surface area contributed by atoms with Gasteiger partial charge >= 0.3 is 0 Å². The van der Waals surface area contributed by atoms with E-state index in [1.165, 1.54) is 11.8 Å². The molecule has 0 bridgehead atoms. The largest absolute Gasteiger partial charge is 0.353 e. The van der Waals surface area contributed by atoms with Crippen LogP contribution in [0.5, 0.6) is 0 Å². The minimum Gasteiger partial charge on any atom is -0.353 e. The molecule has 0 spiro atoms. The minimum atomic E-state index is 0.0234. The summed E-state index contributed by atoms with van der Waals surface area (Å²) in [5.74, 6) is 0.911. The monoisotopic (exact) mass is 410 g/mol. The minimum absolute atomic E-state index is 0.0234. The Kier molecular flexibility index (Phi) is 5.78. The Bertz CT molecular complexity index is 944. The number of halogens is 1. The third-order valence-corrected chi connectivity index (χ3v) is 5.81. The van der Waals surface area contributed by atoms with E-state index >= 15 is 0 Å². The molecule has 0 aliphatic carbocycles. The summed E-state index contributed by atoms with van der Waals surface area (Å²) < 4.78 is 0. The summed E-state index contributed by atoms with van der Waals surface area (Å²) >= 11 is 7.43. The van der Waals surface area contributed by atoms with Crippen molar-refractivity contribution in [2.45, 2.75) is 9.92 Å². The molecule has 1 aliphatic rings. The molecule has 0 N–H and O–H groups in total. The van der Waals surface area contributed by atoms with Crippen LogP contribution >= 0.6 is 23.4 Å². The average Bonchev–Trinajstić information content (AvgIpc) is 2.75. The lowest BCUT2D eigenvalue weighted by Crippen LogP contribution is -2.49. The van der Waals surface area contributed by atoms with Crippen molar-refractivity contribution in [3.05, 3.63) is 77.6 Å². The quantitative estimate of drug-likeness (QED) is 0.643. The number of anilines is 1. The maximum Gasteiger partial charge on any atom is 0.256 e. The Balaban J connectivity index is 1.45. The van der Waals surface area contributed by atoms with Crippen LogP contribution < -0.4 is 4.90 Å². The molecule has 1 aromatic carbocycles. The van der Waals surface area contributed by atoms with Gasteiger partial charge in [0.2, 0.25) is 0 Å². The third-order valence-electron chi connectivity index (χ3n) is 4.56. The van der Waals surface area contributed by atoms with Crippen LogP contribution in [-0.4, -0.2) is 47.0 Å². The maximum atomic E-state index is 13.1. The summed E-state index contributed by atoms with van der Waals surface area (Å²) in [5.41, 5.74) is 0.648. The molecule has 0 radical (unpaired) electrons. The summed E-state index contributed by atoms with van der Waals surface area (Å²) in [4.78, 5) is 27.1. The van der Waals surface area contributed by atoms with Crippen LogP contribution in [0.2, 0.25) is 5.02 Å². The summed E-state index contributed by atoms with van der Waals surface area (Å²) in [6.07, 6.45) is 3.38. The van der Waals surface area contributed by atoms with Crippen molar-refractivity contribution >= 4 is 35.1 Å². The molecule has 1 saturated heterocycles. The second-order valence-corrected chi connectivity index (χ2v) is 7.88. The first kappa shape index (κ1) is 18.8. The lowest BCUT2D eigenvalue weighted by Gasteiger charge is -2.35. The SMILES string of the molecule is O=C(c1cccnc1Sc1ccccc1)N1CCN(c2ccc(Cl)cn2)CC1. The molecule has 1 fully saturated rings. The topological polar surface area (TPSA) is 49.3 Å². The molecule has 7 heteroatoms. The summed E-state index contributed by atoms with van der Waals surface area (Å²) in [6.45, 7) is 2.77. The smallest absolute Gasteiger partial charge is 0.256 e. The number of piperazine rings is 1. The Morgan fingerprint density at radius 3 is 2.43 bits per heavy atom. The van der Waals surface area contributed by atoms with E-state index in [9.17, 15) is 4.79 Å². The Morgan fingerprint density at radius 1 is 0.929 bits per heavy atom. The van der Waals surface area contributed by atoms with E-state index in [4.69, 9.17) is 11.6 Å². The zero-order chi connectivity index (χ0) is 19.3. The van der Waals surface area contributed by atoms with Crippen molar-refractivity contribution in [1.29, 1.82) is 0 Å². The van der Waals surface area contributed by atoms with Gasteiger partial charge in [-0.3, -0.25) is 4.79 Å². The van der Waals surface area contributed by atoms with E-state index in [1.807, 2.05) is 59.5 Å². The van der Waals surface area contributed by atoms with E-state index in [1.54, 1.807) is 12.4 Å². The van der Waals surface area contributed by atoms with E-state index in [2.05, 4.69) is 14.9 Å². The molecule has 4 rings (SSSR count). The van der Waals surface area contributed by atoms with Crippen molar-refractivity contribution in [2.24, 2.45) is 0 Å². The zero-order valence-corrected chi connectivity index (χ0v) is 16.7. The molecule has 0 saturated carbocycles. The summed E-state index contributed by atoms with van der Waals surface area (Å²) in [5, 5.41) is 1.36. The first-order chi connectivity index (χ1) is 13.7. The number of rotatable bonds is 4. The van der Waals surface area contributed by atoms with Gasteiger partial charge in [-0.1, -0.05) is 41.6 Å². The molecule has 1 aliphatic heterocycles. The number of carbonyl (C=O) groups is 1. The number of hydrogen-bond acceptors (Lipinski definition) is 5. The fourth-order valence-corrected chi connectivity index (χ4v) is 4.11. The molecule has 0 atom stereocenters. The molecule has 2 aromatic heterocycles. The van der Waals surface area contributed by atoms with E-state index < -0.39 is 0 Å². The number of nitrogens with zero attached hydrogens (tertiary/aromatic N) is 4. The molecule has 3 heterocycles. The van der Waals surface area contributed by atoms with Gasteiger partial charge in [-0.15, -0.1) is 0 Å². The van der Waals surface area contributed by atoms with Crippen molar-refractivity contribution in [1.82, 2.24) is 14.9 Å². The molecular weight excluding hydrogens is 392 g/mol. The van der Waals surface area contributed by atoms with E-state index in [0.29, 0.717) is 23.7 Å². The molecule has 28 heavy (non-hydrogen) atoms. The van der Waals surface area contributed by atoms with Crippen LogP contribution in [0.3, 0.4) is 0 Å². The normalized spacial score (nSPS) is 14.2. The second-order valence-electron chi connectivity index (χ2n) is 6.39. The van der Waals surface area contributed by atoms with Gasteiger partial charge in [-0.05, 0) is 36.4 Å². The molecule has 0 unspecified atom stereocenters. The number of benzene rings is 1. The Morgan fingerprint density at radius 2 is 1.71 bits per heavy atom. The van der Waals surface area contributed by atoms with Crippen LogP contribution in [0.15, 0.2) is 76.9 Å². The predicted octanol–water partition coefficient (Wildman–Crippen LogP) is 4.24. The van der Waals surface area contributed by atoms with Gasteiger partial charge in [0, 0.05) is 43.5 Å². The Hall–Kier alpha value is -2.57. The van der Waals surface area contributed by atoms with Gasteiger partial charge in [0.25, 0.3) is 5.91 Å². The van der Waals surface area contributed by atoms with Crippen LogP contribution in [0.1, 0.15) is 10.4 Å². The van der Waals surface area contributed by atoms with Gasteiger partial charge in [-0.2, -0.15) is 0 Å². The number of amides is 1. The second kappa shape index (κ2) is 8.63. The predicted molar refractivity (Wildman–Crippen MR) is 112 cm³/mol. The lowest BCUT2D eigenvalue weighted by atomic mass is 10.2. The van der Waals surface area contributed by atoms with Gasteiger partial charge in [0.05, 0.1) is 10.6 Å². The van der Waals surface area contributed by atoms with Crippen molar-refractivity contribution in [3.8, 4) is 0 Å². The van der Waals surface area contributed by atoms with Gasteiger partial charge in [-0.25, -0.2) is 9.97 Å². The lowest BCUT2D eigenvalue weighted by molar-refractivity contribution is 0.0742. The number of aromatic nitrogens is 2. The first-order valence-electron chi connectivity index (χ1n) is 9.04. The highest BCUT2D eigenvalue weighted by atomic mass is 35.5. The van der Waals surface area contributed by atoms with Crippen LogP contribution in [0, 0.1) is 0 Å². The van der Waals surface area contributed by atoms with Gasteiger partial charge < -0.3 is 9.80 Å². The van der Waals surface area contributed by atoms with Crippen LogP contribution in [0.4, 0.5) is 5.82 Å². The van der Waals surface area contributed by atoms with E-state index in [0.717, 1.165) is 28.8 Å². The first-order valence-corrected chi connectivity index (χ1v) is 10.2. The molecule has 142 valence electrons. The average molecular weight is 411 g/mol. The molecule has 5 nitrogen and oxygen atoms in total. The van der Waals surface area contributed by atoms with Crippen molar-refractivity contribution in [2.75, 3.05) is 31.1 Å². The highest BCUT2D eigenvalue weighted by Crippen LogP contribution is 2.29. The van der Waals surface area contributed by atoms with Crippen LogP contribution in [-0.2, 0) is 0 Å². The summed E-state index contributed by atoms with van der Waals surface area (Å²) in [6, 6.07) is 17.4. The highest BCUT2D eigenvalue weighted by Gasteiger charge is 2.25. The highest BCUT2D eigenvalue weighted by molar-refractivity contribution is 7.99. The van der Waals surface area contributed by atoms with Crippen molar-refractivity contribution in [3.63, 3.8) is 0 Å². The summed E-state index contributed by atoms with van der Waals surface area (Å²) in [7, 11) is 0. The number of hydrogen-bond donors (Lipinski definition) is 0. The number of carbonyl (C=O) groups excluding carboxylic acids is 1. The van der Waals surface area contributed by atoms with Gasteiger partial charge in [0.15, 0.2) is 0 Å². The molecule has 3 aromatic rings. The van der Waals surface area contributed by atoms with Crippen molar-refractivity contribution < 1.29 is 4.79 Å².